The summed E-state index contributed by atoms with van der Waals surface area (Å²) >= 11 is 0. The maximum Gasteiger partial charge on any atom is 0.417 e. The highest BCUT2D eigenvalue weighted by molar-refractivity contribution is 5.69. The molecule has 0 N–H and O–H groups in total. The molecule has 0 aliphatic carbocycles. The highest BCUT2D eigenvalue weighted by Crippen LogP contribution is 2.44. The van der Waals surface area contributed by atoms with Gasteiger partial charge in [-0.05, 0) is 17.7 Å². The summed E-state index contributed by atoms with van der Waals surface area (Å²) in [6, 6.07) is 4.99. The number of nitrogens with zero attached hydrogens (tertiary/aromatic N) is 1. The Morgan fingerprint density at radius 2 is 1.50 bits per heavy atom. The van der Waals surface area contributed by atoms with Crippen molar-refractivity contribution in [2.45, 2.75) is 12.4 Å². The lowest BCUT2D eigenvalue weighted by molar-refractivity contribution is -0.161. The average molecular weight is 291 g/mol. The third-order valence-electron chi connectivity index (χ3n) is 2.63. The largest absolute Gasteiger partial charge is 0.417 e. The lowest BCUT2D eigenvalue weighted by Gasteiger charge is -2.19. The molecule has 0 saturated carbocycles. The Morgan fingerprint density at radius 3 is 2.00 bits per heavy atom. The number of hydrogen-bond acceptors (Lipinski definition) is 1. The van der Waals surface area contributed by atoms with Gasteiger partial charge in [0.15, 0.2) is 0 Å². The fourth-order valence-corrected chi connectivity index (χ4v) is 1.86. The molecule has 2 aromatic rings. The molecule has 0 atom stereocenters. The van der Waals surface area contributed by atoms with E-state index in [-0.39, 0.29) is 5.56 Å². The summed E-state index contributed by atoms with van der Waals surface area (Å²) < 4.78 is 77.3. The Labute approximate surface area is 109 Å². The topological polar surface area (TPSA) is 12.9 Å². The number of halogens is 6. The molecule has 0 aliphatic rings. The van der Waals surface area contributed by atoms with Crippen molar-refractivity contribution >= 4 is 0 Å². The zero-order valence-corrected chi connectivity index (χ0v) is 9.76. The lowest BCUT2D eigenvalue weighted by Crippen LogP contribution is -2.17. The van der Waals surface area contributed by atoms with Crippen LogP contribution >= 0.6 is 0 Å². The van der Waals surface area contributed by atoms with E-state index < -0.39 is 29.0 Å². The van der Waals surface area contributed by atoms with Crippen molar-refractivity contribution in [3.05, 3.63) is 53.9 Å². The van der Waals surface area contributed by atoms with E-state index in [4.69, 9.17) is 0 Å². The highest BCUT2D eigenvalue weighted by Gasteiger charge is 2.44. The van der Waals surface area contributed by atoms with Crippen LogP contribution in [-0.2, 0) is 12.4 Å². The Bertz CT molecular complexity index is 600. The van der Waals surface area contributed by atoms with Crippen LogP contribution in [0.25, 0.3) is 11.1 Å². The molecule has 106 valence electrons. The van der Waals surface area contributed by atoms with Crippen LogP contribution < -0.4 is 0 Å². The van der Waals surface area contributed by atoms with Gasteiger partial charge in [0, 0.05) is 18.0 Å². The van der Waals surface area contributed by atoms with E-state index in [1.54, 1.807) is 0 Å². The third-order valence-corrected chi connectivity index (χ3v) is 2.63. The molecule has 0 aliphatic heterocycles. The second-order valence-electron chi connectivity index (χ2n) is 3.97. The minimum Gasteiger partial charge on any atom is -0.264 e. The molecule has 0 unspecified atom stereocenters. The first-order valence-electron chi connectivity index (χ1n) is 5.39. The van der Waals surface area contributed by atoms with E-state index in [0.29, 0.717) is 6.07 Å². The van der Waals surface area contributed by atoms with Gasteiger partial charge in [0.1, 0.15) is 0 Å². The number of aromatic nitrogens is 1. The van der Waals surface area contributed by atoms with Gasteiger partial charge in [0.25, 0.3) is 0 Å². The summed E-state index contributed by atoms with van der Waals surface area (Å²) in [4.78, 5) is 3.63. The van der Waals surface area contributed by atoms with Crippen LogP contribution in [0.3, 0.4) is 0 Å². The van der Waals surface area contributed by atoms with Gasteiger partial charge in [-0.2, -0.15) is 26.3 Å². The summed E-state index contributed by atoms with van der Waals surface area (Å²) in [6.07, 6.45) is -7.78. The number of hydrogen-bond donors (Lipinski definition) is 0. The molecule has 0 fully saturated rings. The van der Waals surface area contributed by atoms with Gasteiger partial charge in [0.2, 0.25) is 0 Å². The zero-order valence-electron chi connectivity index (χ0n) is 9.76. The van der Waals surface area contributed by atoms with E-state index in [2.05, 4.69) is 4.98 Å². The van der Waals surface area contributed by atoms with Crippen molar-refractivity contribution in [1.29, 1.82) is 0 Å². The number of rotatable bonds is 1. The van der Waals surface area contributed by atoms with Crippen molar-refractivity contribution < 1.29 is 26.3 Å². The normalized spacial score (nSPS) is 12.5. The first kappa shape index (κ1) is 14.4. The van der Waals surface area contributed by atoms with Crippen LogP contribution in [0.5, 0.6) is 0 Å². The maximum atomic E-state index is 13.0. The van der Waals surface area contributed by atoms with Gasteiger partial charge in [-0.3, -0.25) is 4.98 Å². The molecule has 0 radical (unpaired) electrons. The molecule has 1 aromatic carbocycles. The fraction of sp³-hybridized carbons (Fsp3) is 0.154. The van der Waals surface area contributed by atoms with Crippen LogP contribution in [0.4, 0.5) is 26.3 Å². The van der Waals surface area contributed by atoms with Crippen molar-refractivity contribution in [3.8, 4) is 11.1 Å². The predicted octanol–water partition coefficient (Wildman–Crippen LogP) is 4.79. The Hall–Kier alpha value is -2.05. The standard InChI is InChI=1S/C13H7F6N/c14-12(15,16)10-5-1-4-9(11(10)13(17,18)19)8-3-2-6-20-7-8/h1-7H. The quantitative estimate of drug-likeness (QED) is 0.689. The molecule has 1 aromatic heterocycles. The molecular formula is C13H7F6N. The molecule has 1 heterocycles. The van der Waals surface area contributed by atoms with Crippen molar-refractivity contribution in [3.63, 3.8) is 0 Å². The molecule has 0 spiro atoms. The van der Waals surface area contributed by atoms with Crippen LogP contribution in [0.15, 0.2) is 42.7 Å². The monoisotopic (exact) mass is 291 g/mol. The van der Waals surface area contributed by atoms with Crippen molar-refractivity contribution in [2.75, 3.05) is 0 Å². The molecule has 0 bridgehead atoms. The predicted molar refractivity (Wildman–Crippen MR) is 59.7 cm³/mol. The molecule has 7 heteroatoms. The summed E-state index contributed by atoms with van der Waals surface area (Å²) in [5.74, 6) is 0. The van der Waals surface area contributed by atoms with Gasteiger partial charge >= 0.3 is 12.4 Å². The van der Waals surface area contributed by atoms with Crippen LogP contribution in [-0.4, -0.2) is 4.98 Å². The maximum absolute atomic E-state index is 13.0. The molecule has 0 saturated heterocycles. The molecule has 2 rings (SSSR count). The van der Waals surface area contributed by atoms with E-state index in [1.165, 1.54) is 18.3 Å². The van der Waals surface area contributed by atoms with Gasteiger partial charge in [-0.15, -0.1) is 0 Å². The molecule has 0 amide bonds. The lowest BCUT2D eigenvalue weighted by atomic mass is 9.95. The SMILES string of the molecule is FC(F)(F)c1cccc(-c2cccnc2)c1C(F)(F)F. The van der Waals surface area contributed by atoms with Crippen LogP contribution in [0, 0.1) is 0 Å². The average Bonchev–Trinajstić information content (AvgIpc) is 2.37. The molecule has 20 heavy (non-hydrogen) atoms. The minimum absolute atomic E-state index is 0.0223. The zero-order chi connectivity index (χ0) is 15.0. The highest BCUT2D eigenvalue weighted by atomic mass is 19.4. The van der Waals surface area contributed by atoms with Crippen LogP contribution in [0.1, 0.15) is 11.1 Å². The number of benzene rings is 1. The van der Waals surface area contributed by atoms with E-state index in [9.17, 15) is 26.3 Å². The first-order chi connectivity index (χ1) is 9.21. The summed E-state index contributed by atoms with van der Waals surface area (Å²) in [5.41, 5.74) is -3.96. The summed E-state index contributed by atoms with van der Waals surface area (Å²) in [7, 11) is 0. The Morgan fingerprint density at radius 1 is 0.800 bits per heavy atom. The first-order valence-corrected chi connectivity index (χ1v) is 5.39. The number of pyridine rings is 1. The van der Waals surface area contributed by atoms with Crippen molar-refractivity contribution in [2.24, 2.45) is 0 Å². The fourth-order valence-electron chi connectivity index (χ4n) is 1.86. The number of alkyl halides is 6. The summed E-state index contributed by atoms with van der Waals surface area (Å²) in [6.45, 7) is 0. The smallest absolute Gasteiger partial charge is 0.264 e. The second kappa shape index (κ2) is 4.81. The van der Waals surface area contributed by atoms with Crippen molar-refractivity contribution in [1.82, 2.24) is 4.98 Å². The van der Waals surface area contributed by atoms with E-state index >= 15 is 0 Å². The van der Waals surface area contributed by atoms with Gasteiger partial charge in [-0.25, -0.2) is 0 Å². The van der Waals surface area contributed by atoms with Crippen LogP contribution in [0.2, 0.25) is 0 Å². The van der Waals surface area contributed by atoms with Gasteiger partial charge < -0.3 is 0 Å². The Balaban J connectivity index is 2.77. The summed E-state index contributed by atoms with van der Waals surface area (Å²) in [5, 5.41) is 0. The van der Waals surface area contributed by atoms with E-state index in [0.717, 1.165) is 18.3 Å². The minimum atomic E-state index is -5.11. The molecule has 1 nitrogen and oxygen atoms in total. The second-order valence-corrected chi connectivity index (χ2v) is 3.97. The van der Waals surface area contributed by atoms with Gasteiger partial charge in [-0.1, -0.05) is 18.2 Å². The van der Waals surface area contributed by atoms with E-state index in [1.807, 2.05) is 0 Å². The molecular weight excluding hydrogens is 284 g/mol. The van der Waals surface area contributed by atoms with Gasteiger partial charge in [0.05, 0.1) is 11.1 Å². The third kappa shape index (κ3) is 2.76. The Kier molecular flexibility index (Phi) is 3.45.